The predicted molar refractivity (Wildman–Crippen MR) is 69.6 cm³/mol. The number of methoxy groups -OCH3 is 1. The number of carbonyl (C=O) groups is 1. The lowest BCUT2D eigenvalue weighted by atomic mass is 9.82. The first-order valence-electron chi connectivity index (χ1n) is 7.09. The van der Waals surface area contributed by atoms with Crippen LogP contribution >= 0.6 is 0 Å². The van der Waals surface area contributed by atoms with Crippen molar-refractivity contribution in [2.24, 2.45) is 11.3 Å². The normalized spacial score (nSPS) is 30.6. The molecule has 2 aliphatic rings. The Morgan fingerprint density at radius 2 is 2.28 bits per heavy atom. The van der Waals surface area contributed by atoms with E-state index >= 15 is 0 Å². The van der Waals surface area contributed by atoms with Crippen LogP contribution in [0.4, 0.5) is 0 Å². The van der Waals surface area contributed by atoms with Crippen LogP contribution in [-0.4, -0.2) is 48.8 Å². The zero-order valence-corrected chi connectivity index (χ0v) is 11.5. The van der Waals surface area contributed by atoms with Crippen LogP contribution in [0.15, 0.2) is 0 Å². The summed E-state index contributed by atoms with van der Waals surface area (Å²) in [6, 6.07) is 0.438. The quantitative estimate of drug-likeness (QED) is 0.756. The van der Waals surface area contributed by atoms with Gasteiger partial charge in [-0.1, -0.05) is 13.3 Å². The van der Waals surface area contributed by atoms with E-state index in [9.17, 15) is 9.90 Å². The van der Waals surface area contributed by atoms with E-state index in [0.717, 1.165) is 38.3 Å². The Balaban J connectivity index is 2.02. The maximum Gasteiger partial charge on any atom is 0.310 e. The van der Waals surface area contributed by atoms with Crippen LogP contribution in [0.1, 0.15) is 39.0 Å². The van der Waals surface area contributed by atoms with E-state index in [-0.39, 0.29) is 0 Å². The van der Waals surface area contributed by atoms with Gasteiger partial charge in [-0.05, 0) is 38.1 Å². The molecular formula is C14H25NO3. The summed E-state index contributed by atoms with van der Waals surface area (Å²) < 4.78 is 5.32. The minimum absolute atomic E-state index is 0.438. The third-order valence-corrected chi connectivity index (χ3v) is 4.54. The third kappa shape index (κ3) is 2.69. The number of rotatable bonds is 7. The molecule has 0 bridgehead atoms. The van der Waals surface area contributed by atoms with Crippen LogP contribution in [0.3, 0.4) is 0 Å². The maximum absolute atomic E-state index is 11.6. The van der Waals surface area contributed by atoms with Crippen molar-refractivity contribution in [2.75, 3.05) is 26.8 Å². The molecule has 2 atom stereocenters. The molecule has 4 heteroatoms. The van der Waals surface area contributed by atoms with E-state index in [1.165, 1.54) is 12.8 Å². The summed E-state index contributed by atoms with van der Waals surface area (Å²) in [5.74, 6) is 0.120. The van der Waals surface area contributed by atoms with E-state index in [2.05, 4.69) is 11.8 Å². The van der Waals surface area contributed by atoms with E-state index in [1.54, 1.807) is 7.11 Å². The molecule has 0 aromatic carbocycles. The first-order valence-corrected chi connectivity index (χ1v) is 7.09. The average molecular weight is 255 g/mol. The Bertz CT molecular complexity index is 303. The molecule has 2 rings (SSSR count). The summed E-state index contributed by atoms with van der Waals surface area (Å²) >= 11 is 0. The van der Waals surface area contributed by atoms with Crippen LogP contribution in [0, 0.1) is 11.3 Å². The standard InChI is InChI=1S/C14H25NO3/c1-3-6-14(13(16)17)7-8-15(10-14)12(9-18-2)11-4-5-11/h11-12H,3-10H2,1-2H3,(H,16,17). The number of ether oxygens (including phenoxy) is 1. The molecule has 0 amide bonds. The van der Waals surface area contributed by atoms with Gasteiger partial charge in [-0.15, -0.1) is 0 Å². The van der Waals surface area contributed by atoms with Crippen molar-refractivity contribution in [1.82, 2.24) is 4.90 Å². The van der Waals surface area contributed by atoms with Gasteiger partial charge in [-0.25, -0.2) is 0 Å². The molecule has 18 heavy (non-hydrogen) atoms. The lowest BCUT2D eigenvalue weighted by Crippen LogP contribution is -2.42. The van der Waals surface area contributed by atoms with Gasteiger partial charge in [0.2, 0.25) is 0 Å². The summed E-state index contributed by atoms with van der Waals surface area (Å²) in [6.45, 7) is 4.44. The van der Waals surface area contributed by atoms with Crippen LogP contribution in [-0.2, 0) is 9.53 Å². The number of carboxylic acids is 1. The van der Waals surface area contributed by atoms with Gasteiger partial charge >= 0.3 is 5.97 Å². The van der Waals surface area contributed by atoms with Crippen LogP contribution in [0.25, 0.3) is 0 Å². The minimum atomic E-state index is -0.612. The van der Waals surface area contributed by atoms with Crippen molar-refractivity contribution in [3.05, 3.63) is 0 Å². The molecule has 0 radical (unpaired) electrons. The van der Waals surface area contributed by atoms with Gasteiger partial charge < -0.3 is 9.84 Å². The number of aliphatic carboxylic acids is 1. The Kier molecular flexibility index (Phi) is 4.28. The predicted octanol–water partition coefficient (Wildman–Crippen LogP) is 1.99. The fourth-order valence-electron chi connectivity index (χ4n) is 3.34. The monoisotopic (exact) mass is 255 g/mol. The van der Waals surface area contributed by atoms with Crippen molar-refractivity contribution in [1.29, 1.82) is 0 Å². The van der Waals surface area contributed by atoms with Crippen molar-refractivity contribution < 1.29 is 14.6 Å². The van der Waals surface area contributed by atoms with Gasteiger partial charge in [0.1, 0.15) is 0 Å². The topological polar surface area (TPSA) is 49.8 Å². The summed E-state index contributed by atoms with van der Waals surface area (Å²) in [4.78, 5) is 13.9. The minimum Gasteiger partial charge on any atom is -0.481 e. The first-order chi connectivity index (χ1) is 8.63. The summed E-state index contributed by atoms with van der Waals surface area (Å²) in [7, 11) is 1.74. The maximum atomic E-state index is 11.6. The Hall–Kier alpha value is -0.610. The lowest BCUT2D eigenvalue weighted by Gasteiger charge is -2.29. The smallest absolute Gasteiger partial charge is 0.310 e. The molecule has 4 nitrogen and oxygen atoms in total. The van der Waals surface area contributed by atoms with E-state index in [1.807, 2.05) is 0 Å². The highest BCUT2D eigenvalue weighted by atomic mass is 16.5. The SMILES string of the molecule is CCCC1(C(=O)O)CCN(C(COC)C2CC2)C1. The molecular weight excluding hydrogens is 230 g/mol. The van der Waals surface area contributed by atoms with Crippen LogP contribution < -0.4 is 0 Å². The van der Waals surface area contributed by atoms with Crippen LogP contribution in [0.5, 0.6) is 0 Å². The highest BCUT2D eigenvalue weighted by molar-refractivity contribution is 5.75. The molecule has 1 aliphatic carbocycles. The van der Waals surface area contributed by atoms with E-state index in [0.29, 0.717) is 12.6 Å². The number of hydrogen-bond donors (Lipinski definition) is 1. The van der Waals surface area contributed by atoms with Gasteiger partial charge in [-0.2, -0.15) is 0 Å². The number of nitrogens with zero attached hydrogens (tertiary/aromatic N) is 1. The van der Waals surface area contributed by atoms with Crippen molar-refractivity contribution in [3.8, 4) is 0 Å². The fraction of sp³-hybridized carbons (Fsp3) is 0.929. The van der Waals surface area contributed by atoms with Gasteiger partial charge in [0.05, 0.1) is 12.0 Å². The molecule has 1 aliphatic heterocycles. The zero-order chi connectivity index (χ0) is 13.2. The molecule has 2 fully saturated rings. The Morgan fingerprint density at radius 1 is 1.56 bits per heavy atom. The second kappa shape index (κ2) is 5.57. The largest absolute Gasteiger partial charge is 0.481 e. The Morgan fingerprint density at radius 3 is 2.78 bits per heavy atom. The van der Waals surface area contributed by atoms with Crippen molar-refractivity contribution >= 4 is 5.97 Å². The summed E-state index contributed by atoms with van der Waals surface area (Å²) in [5, 5.41) is 9.52. The molecule has 104 valence electrons. The molecule has 0 aromatic heterocycles. The van der Waals surface area contributed by atoms with Gasteiger partial charge in [-0.3, -0.25) is 9.69 Å². The molecule has 1 saturated heterocycles. The number of likely N-dealkylation sites (tertiary alicyclic amines) is 1. The third-order valence-electron chi connectivity index (χ3n) is 4.54. The van der Waals surface area contributed by atoms with Crippen molar-refractivity contribution in [2.45, 2.75) is 45.1 Å². The van der Waals surface area contributed by atoms with Gasteiger partial charge in [0.25, 0.3) is 0 Å². The molecule has 1 saturated carbocycles. The fourth-order valence-corrected chi connectivity index (χ4v) is 3.34. The first kappa shape index (κ1) is 13.8. The van der Waals surface area contributed by atoms with E-state index in [4.69, 9.17) is 4.74 Å². The van der Waals surface area contributed by atoms with Gasteiger partial charge in [0, 0.05) is 19.7 Å². The van der Waals surface area contributed by atoms with Crippen LogP contribution in [0.2, 0.25) is 0 Å². The molecule has 1 N–H and O–H groups in total. The van der Waals surface area contributed by atoms with Gasteiger partial charge in [0.15, 0.2) is 0 Å². The highest BCUT2D eigenvalue weighted by Crippen LogP contribution is 2.42. The molecule has 1 heterocycles. The second-order valence-corrected chi connectivity index (χ2v) is 5.92. The molecule has 0 spiro atoms. The second-order valence-electron chi connectivity index (χ2n) is 5.92. The zero-order valence-electron chi connectivity index (χ0n) is 11.5. The summed E-state index contributed by atoms with van der Waals surface area (Å²) in [5.41, 5.74) is -0.504. The number of hydrogen-bond acceptors (Lipinski definition) is 3. The summed E-state index contributed by atoms with van der Waals surface area (Å²) in [6.07, 6.45) is 5.08. The average Bonchev–Trinajstić information content (AvgIpc) is 3.08. The molecule has 0 aromatic rings. The van der Waals surface area contributed by atoms with Crippen molar-refractivity contribution in [3.63, 3.8) is 0 Å². The highest BCUT2D eigenvalue weighted by Gasteiger charge is 2.47. The van der Waals surface area contributed by atoms with E-state index < -0.39 is 11.4 Å². The lowest BCUT2D eigenvalue weighted by molar-refractivity contribution is -0.148. The Labute approximate surface area is 109 Å². The number of carboxylic acid groups (broad SMARTS) is 1. The molecule has 2 unspecified atom stereocenters.